The standard InChI is InChI=1S/C13H11ClFN3O/c1-18(6-9-2-4-10(15)5-3-9)13-11(7-19)12(14)16-8-17-13/h2-5,7-8H,6H2,1H3. The minimum atomic E-state index is -0.287. The van der Waals surface area contributed by atoms with Gasteiger partial charge in [0.05, 0.1) is 5.56 Å². The van der Waals surface area contributed by atoms with E-state index in [0.29, 0.717) is 18.6 Å². The van der Waals surface area contributed by atoms with Gasteiger partial charge < -0.3 is 4.90 Å². The fraction of sp³-hybridized carbons (Fsp3) is 0.154. The quantitative estimate of drug-likeness (QED) is 0.638. The minimum Gasteiger partial charge on any atom is -0.355 e. The smallest absolute Gasteiger partial charge is 0.156 e. The van der Waals surface area contributed by atoms with Crippen LogP contribution in [0.1, 0.15) is 15.9 Å². The van der Waals surface area contributed by atoms with Gasteiger partial charge in [0.2, 0.25) is 0 Å². The van der Waals surface area contributed by atoms with Crippen LogP contribution in [0.4, 0.5) is 10.2 Å². The van der Waals surface area contributed by atoms with Gasteiger partial charge in [0.1, 0.15) is 23.1 Å². The Hall–Kier alpha value is -2.01. The molecule has 0 bridgehead atoms. The van der Waals surface area contributed by atoms with Gasteiger partial charge in [0.25, 0.3) is 0 Å². The van der Waals surface area contributed by atoms with E-state index in [4.69, 9.17) is 11.6 Å². The van der Waals surface area contributed by atoms with Crippen molar-refractivity contribution >= 4 is 23.7 Å². The molecule has 0 aliphatic carbocycles. The summed E-state index contributed by atoms with van der Waals surface area (Å²) in [6, 6.07) is 6.12. The Morgan fingerprint density at radius 3 is 2.63 bits per heavy atom. The topological polar surface area (TPSA) is 46.1 Å². The van der Waals surface area contributed by atoms with Gasteiger partial charge in [0.15, 0.2) is 6.29 Å². The summed E-state index contributed by atoms with van der Waals surface area (Å²) in [4.78, 5) is 20.6. The van der Waals surface area contributed by atoms with Crippen LogP contribution in [0.15, 0.2) is 30.6 Å². The number of benzene rings is 1. The Bertz CT molecular complexity index is 589. The molecule has 0 amide bonds. The second-order valence-electron chi connectivity index (χ2n) is 4.00. The number of carbonyl (C=O) groups is 1. The van der Waals surface area contributed by atoms with Crippen LogP contribution in [-0.2, 0) is 6.54 Å². The molecule has 0 spiro atoms. The maximum atomic E-state index is 12.8. The van der Waals surface area contributed by atoms with Crippen molar-refractivity contribution < 1.29 is 9.18 Å². The van der Waals surface area contributed by atoms with Crippen LogP contribution >= 0.6 is 11.6 Å². The predicted molar refractivity (Wildman–Crippen MR) is 70.9 cm³/mol. The zero-order valence-corrected chi connectivity index (χ0v) is 10.9. The summed E-state index contributed by atoms with van der Waals surface area (Å²) in [7, 11) is 1.77. The van der Waals surface area contributed by atoms with Crippen molar-refractivity contribution in [1.29, 1.82) is 0 Å². The Labute approximate surface area is 114 Å². The van der Waals surface area contributed by atoms with Gasteiger partial charge in [-0.05, 0) is 17.7 Å². The maximum absolute atomic E-state index is 12.8. The summed E-state index contributed by atoms with van der Waals surface area (Å²) in [5.41, 5.74) is 1.14. The maximum Gasteiger partial charge on any atom is 0.156 e. The first-order valence-corrected chi connectivity index (χ1v) is 5.91. The molecule has 1 aromatic heterocycles. The van der Waals surface area contributed by atoms with Gasteiger partial charge in [0, 0.05) is 13.6 Å². The van der Waals surface area contributed by atoms with E-state index in [-0.39, 0.29) is 16.5 Å². The third kappa shape index (κ3) is 3.06. The molecule has 0 unspecified atom stereocenters. The van der Waals surface area contributed by atoms with Gasteiger partial charge in [-0.15, -0.1) is 0 Å². The molecule has 0 radical (unpaired) electrons. The third-order valence-corrected chi connectivity index (χ3v) is 2.93. The predicted octanol–water partition coefficient (Wildman–Crippen LogP) is 2.72. The molecule has 2 aromatic rings. The van der Waals surface area contributed by atoms with E-state index in [9.17, 15) is 9.18 Å². The summed E-state index contributed by atoms with van der Waals surface area (Å²) in [5, 5.41) is 0.117. The lowest BCUT2D eigenvalue weighted by atomic mass is 10.2. The lowest BCUT2D eigenvalue weighted by molar-refractivity contribution is 0.112. The second kappa shape index (κ2) is 5.75. The van der Waals surface area contributed by atoms with E-state index in [2.05, 4.69) is 9.97 Å². The molecule has 1 heterocycles. The largest absolute Gasteiger partial charge is 0.355 e. The van der Waals surface area contributed by atoms with Crippen LogP contribution in [0, 0.1) is 5.82 Å². The Morgan fingerprint density at radius 1 is 1.32 bits per heavy atom. The monoisotopic (exact) mass is 279 g/mol. The SMILES string of the molecule is CN(Cc1ccc(F)cc1)c1ncnc(Cl)c1C=O. The Morgan fingerprint density at radius 2 is 2.00 bits per heavy atom. The molecule has 0 N–H and O–H groups in total. The van der Waals surface area contributed by atoms with Gasteiger partial charge in [-0.2, -0.15) is 0 Å². The summed E-state index contributed by atoms with van der Waals surface area (Å²) < 4.78 is 12.8. The van der Waals surface area contributed by atoms with Crippen molar-refractivity contribution in [3.63, 3.8) is 0 Å². The highest BCUT2D eigenvalue weighted by atomic mass is 35.5. The lowest BCUT2D eigenvalue weighted by Gasteiger charge is -2.19. The highest BCUT2D eigenvalue weighted by molar-refractivity contribution is 6.32. The van der Waals surface area contributed by atoms with Crippen molar-refractivity contribution in [3.8, 4) is 0 Å². The zero-order chi connectivity index (χ0) is 13.8. The zero-order valence-electron chi connectivity index (χ0n) is 10.2. The molecule has 0 aliphatic heterocycles. The number of rotatable bonds is 4. The molecule has 4 nitrogen and oxygen atoms in total. The Kier molecular flexibility index (Phi) is 4.06. The molecule has 19 heavy (non-hydrogen) atoms. The van der Waals surface area contributed by atoms with Gasteiger partial charge >= 0.3 is 0 Å². The normalized spacial score (nSPS) is 10.3. The number of anilines is 1. The molecule has 0 aliphatic rings. The van der Waals surface area contributed by atoms with Crippen LogP contribution in [0.2, 0.25) is 5.15 Å². The molecule has 0 saturated carbocycles. The summed E-state index contributed by atoms with van der Waals surface area (Å²) in [6.07, 6.45) is 1.92. The van der Waals surface area contributed by atoms with Crippen molar-refractivity contribution in [3.05, 3.63) is 52.7 Å². The molecule has 1 aromatic carbocycles. The molecular weight excluding hydrogens is 269 g/mol. The van der Waals surface area contributed by atoms with E-state index in [1.807, 2.05) is 0 Å². The van der Waals surface area contributed by atoms with Crippen molar-refractivity contribution in [1.82, 2.24) is 9.97 Å². The van der Waals surface area contributed by atoms with Crippen LogP contribution in [0.25, 0.3) is 0 Å². The first-order chi connectivity index (χ1) is 9.11. The summed E-state index contributed by atoms with van der Waals surface area (Å²) >= 11 is 5.84. The van der Waals surface area contributed by atoms with Crippen LogP contribution in [0.3, 0.4) is 0 Å². The number of aldehydes is 1. The number of hydrogen-bond donors (Lipinski definition) is 0. The average molecular weight is 280 g/mol. The van der Waals surface area contributed by atoms with E-state index in [1.54, 1.807) is 24.1 Å². The van der Waals surface area contributed by atoms with E-state index >= 15 is 0 Å². The molecule has 0 atom stereocenters. The van der Waals surface area contributed by atoms with Crippen LogP contribution in [-0.4, -0.2) is 23.3 Å². The number of nitrogens with zero attached hydrogens (tertiary/aromatic N) is 3. The molecule has 0 saturated heterocycles. The average Bonchev–Trinajstić information content (AvgIpc) is 2.41. The molecule has 6 heteroatoms. The van der Waals surface area contributed by atoms with Gasteiger partial charge in [-0.25, -0.2) is 14.4 Å². The van der Waals surface area contributed by atoms with Gasteiger partial charge in [-0.1, -0.05) is 23.7 Å². The van der Waals surface area contributed by atoms with Crippen molar-refractivity contribution in [2.75, 3.05) is 11.9 Å². The van der Waals surface area contributed by atoms with Crippen molar-refractivity contribution in [2.45, 2.75) is 6.54 Å². The Balaban J connectivity index is 2.25. The fourth-order valence-electron chi connectivity index (χ4n) is 1.71. The fourth-order valence-corrected chi connectivity index (χ4v) is 1.88. The first-order valence-electron chi connectivity index (χ1n) is 5.53. The van der Waals surface area contributed by atoms with Gasteiger partial charge in [-0.3, -0.25) is 4.79 Å². The number of aromatic nitrogens is 2. The summed E-state index contributed by atoms with van der Waals surface area (Å²) in [5.74, 6) is 0.157. The van der Waals surface area contributed by atoms with E-state index in [1.165, 1.54) is 18.5 Å². The highest BCUT2D eigenvalue weighted by Crippen LogP contribution is 2.21. The lowest BCUT2D eigenvalue weighted by Crippen LogP contribution is -2.19. The second-order valence-corrected chi connectivity index (χ2v) is 4.36. The number of hydrogen-bond acceptors (Lipinski definition) is 4. The number of halogens is 2. The van der Waals surface area contributed by atoms with Crippen LogP contribution < -0.4 is 4.90 Å². The third-order valence-electron chi connectivity index (χ3n) is 2.63. The molecule has 0 fully saturated rings. The summed E-state index contributed by atoms with van der Waals surface area (Å²) in [6.45, 7) is 0.481. The highest BCUT2D eigenvalue weighted by Gasteiger charge is 2.13. The van der Waals surface area contributed by atoms with E-state index in [0.717, 1.165) is 5.56 Å². The minimum absolute atomic E-state index is 0.117. The molecule has 2 rings (SSSR count). The number of carbonyl (C=O) groups excluding carboxylic acids is 1. The molecule has 98 valence electrons. The van der Waals surface area contributed by atoms with Crippen molar-refractivity contribution in [2.24, 2.45) is 0 Å². The first kappa shape index (κ1) is 13.4. The molecular formula is C13H11ClFN3O. The van der Waals surface area contributed by atoms with Crippen LogP contribution in [0.5, 0.6) is 0 Å². The van der Waals surface area contributed by atoms with E-state index < -0.39 is 0 Å².